The molecule has 0 aromatic heterocycles. The number of carbonyl (C=O) groups is 1. The van der Waals surface area contributed by atoms with E-state index in [9.17, 15) is 4.79 Å². The topological polar surface area (TPSA) is 67.6 Å². The summed E-state index contributed by atoms with van der Waals surface area (Å²) in [5.74, 6) is 0.0459. The summed E-state index contributed by atoms with van der Waals surface area (Å²) in [6.45, 7) is 5.89. The summed E-state index contributed by atoms with van der Waals surface area (Å²) < 4.78 is 5.38. The molecule has 0 radical (unpaired) electrons. The first-order valence-electron chi connectivity index (χ1n) is 5.03. The van der Waals surface area contributed by atoms with Gasteiger partial charge in [0.1, 0.15) is 0 Å². The van der Waals surface area contributed by atoms with Gasteiger partial charge in [-0.05, 0) is 6.92 Å². The zero-order chi connectivity index (χ0) is 10.4. The minimum absolute atomic E-state index is 0.0459. The molecule has 5 heteroatoms. The lowest BCUT2D eigenvalue weighted by Crippen LogP contribution is -2.46. The van der Waals surface area contributed by atoms with Crippen molar-refractivity contribution in [3.05, 3.63) is 0 Å². The maximum Gasteiger partial charge on any atom is 0.234 e. The summed E-state index contributed by atoms with van der Waals surface area (Å²) in [6.07, 6.45) is 0.228. The number of ether oxygens (including phenoxy) is 1. The number of nitrogens with one attached hydrogen (secondary N) is 1. The van der Waals surface area contributed by atoms with Crippen molar-refractivity contribution in [3.63, 3.8) is 0 Å². The highest BCUT2D eigenvalue weighted by Crippen LogP contribution is 2.02. The van der Waals surface area contributed by atoms with Gasteiger partial charge in [-0.15, -0.1) is 0 Å². The van der Waals surface area contributed by atoms with E-state index in [0.717, 1.165) is 13.1 Å². The van der Waals surface area contributed by atoms with Crippen LogP contribution in [0.3, 0.4) is 0 Å². The molecule has 1 aliphatic rings. The number of rotatable bonds is 4. The second kappa shape index (κ2) is 5.95. The van der Waals surface area contributed by atoms with Crippen LogP contribution in [0.15, 0.2) is 0 Å². The number of nitrogens with zero attached hydrogens (tertiary/aromatic N) is 1. The van der Waals surface area contributed by atoms with Gasteiger partial charge in [-0.25, -0.2) is 0 Å². The molecule has 1 unspecified atom stereocenters. The Morgan fingerprint density at radius 3 is 3.14 bits per heavy atom. The molecule has 1 aliphatic heterocycles. The Bertz CT molecular complexity index is 187. The molecule has 0 aromatic rings. The van der Waals surface area contributed by atoms with Crippen LogP contribution >= 0.6 is 0 Å². The summed E-state index contributed by atoms with van der Waals surface area (Å²) in [5, 5.41) is 2.75. The van der Waals surface area contributed by atoms with Crippen LogP contribution < -0.4 is 11.1 Å². The summed E-state index contributed by atoms with van der Waals surface area (Å²) in [7, 11) is 0. The maximum absolute atomic E-state index is 11.3. The lowest BCUT2D eigenvalue weighted by atomic mass is 10.3. The minimum Gasteiger partial charge on any atom is -0.376 e. The molecule has 1 amide bonds. The highest BCUT2D eigenvalue weighted by Gasteiger charge is 2.18. The van der Waals surface area contributed by atoms with Crippen LogP contribution in [0.25, 0.3) is 0 Å². The summed E-state index contributed by atoms with van der Waals surface area (Å²) in [4.78, 5) is 13.4. The first-order valence-corrected chi connectivity index (χ1v) is 5.03. The molecule has 1 saturated heterocycles. The number of nitrogens with two attached hydrogens (primary N) is 1. The lowest BCUT2D eigenvalue weighted by Gasteiger charge is -2.30. The van der Waals surface area contributed by atoms with E-state index in [1.54, 1.807) is 0 Å². The van der Waals surface area contributed by atoms with Gasteiger partial charge in [-0.3, -0.25) is 9.69 Å². The Labute approximate surface area is 84.6 Å². The fourth-order valence-corrected chi connectivity index (χ4v) is 1.50. The molecular weight excluding hydrogens is 182 g/mol. The quantitative estimate of drug-likeness (QED) is 0.598. The Hall–Kier alpha value is -0.650. The van der Waals surface area contributed by atoms with Crippen LogP contribution in [-0.4, -0.2) is 56.2 Å². The third kappa shape index (κ3) is 4.04. The van der Waals surface area contributed by atoms with Crippen LogP contribution in [-0.2, 0) is 9.53 Å². The molecule has 0 aliphatic carbocycles. The average molecular weight is 201 g/mol. The number of morpholine rings is 1. The van der Waals surface area contributed by atoms with Gasteiger partial charge in [0.2, 0.25) is 5.91 Å². The van der Waals surface area contributed by atoms with Crippen LogP contribution in [0, 0.1) is 0 Å². The van der Waals surface area contributed by atoms with Gasteiger partial charge >= 0.3 is 0 Å². The summed E-state index contributed by atoms with van der Waals surface area (Å²) in [5.41, 5.74) is 5.28. The van der Waals surface area contributed by atoms with Crippen molar-refractivity contribution < 1.29 is 9.53 Å². The molecule has 5 nitrogen and oxygen atoms in total. The van der Waals surface area contributed by atoms with Crippen molar-refractivity contribution in [2.45, 2.75) is 13.0 Å². The number of amides is 1. The van der Waals surface area contributed by atoms with Crippen LogP contribution in [0.4, 0.5) is 0 Å². The van der Waals surface area contributed by atoms with Crippen molar-refractivity contribution in [2.24, 2.45) is 5.73 Å². The Morgan fingerprint density at radius 2 is 2.50 bits per heavy atom. The van der Waals surface area contributed by atoms with Gasteiger partial charge in [0.25, 0.3) is 0 Å². The minimum atomic E-state index is 0.0459. The first kappa shape index (κ1) is 11.4. The van der Waals surface area contributed by atoms with Crippen molar-refractivity contribution in [2.75, 3.05) is 39.3 Å². The molecule has 1 fully saturated rings. The summed E-state index contributed by atoms with van der Waals surface area (Å²) in [6, 6.07) is 0. The van der Waals surface area contributed by atoms with Crippen molar-refractivity contribution >= 4 is 5.91 Å². The highest BCUT2D eigenvalue weighted by atomic mass is 16.5. The van der Waals surface area contributed by atoms with Gasteiger partial charge < -0.3 is 15.8 Å². The second-order valence-corrected chi connectivity index (χ2v) is 3.56. The Balaban J connectivity index is 2.18. The zero-order valence-corrected chi connectivity index (χ0v) is 8.66. The van der Waals surface area contributed by atoms with Crippen LogP contribution in [0.1, 0.15) is 6.92 Å². The molecule has 0 saturated carbocycles. The maximum atomic E-state index is 11.3. The molecule has 0 bridgehead atoms. The van der Waals surface area contributed by atoms with E-state index in [0.29, 0.717) is 26.2 Å². The van der Waals surface area contributed by atoms with Crippen LogP contribution in [0.2, 0.25) is 0 Å². The van der Waals surface area contributed by atoms with Crippen molar-refractivity contribution in [1.82, 2.24) is 10.2 Å². The van der Waals surface area contributed by atoms with E-state index in [4.69, 9.17) is 10.5 Å². The lowest BCUT2D eigenvalue weighted by molar-refractivity contribution is -0.124. The number of hydrogen-bond donors (Lipinski definition) is 2. The fraction of sp³-hybridized carbons (Fsp3) is 0.889. The monoisotopic (exact) mass is 201 g/mol. The van der Waals surface area contributed by atoms with Gasteiger partial charge in [0.15, 0.2) is 0 Å². The van der Waals surface area contributed by atoms with Crippen LogP contribution in [0.5, 0.6) is 0 Å². The average Bonchev–Trinajstić information content (AvgIpc) is 2.15. The van der Waals surface area contributed by atoms with E-state index in [1.807, 2.05) is 6.92 Å². The second-order valence-electron chi connectivity index (χ2n) is 3.56. The molecule has 14 heavy (non-hydrogen) atoms. The molecule has 1 atom stereocenters. The SMILES string of the molecule is CC1CN(CC(=O)NCCN)CCO1. The number of hydrogen-bond acceptors (Lipinski definition) is 4. The standard InChI is InChI=1S/C9H19N3O2/c1-8-6-12(4-5-14-8)7-9(13)11-3-2-10/h8H,2-7,10H2,1H3,(H,11,13). The predicted octanol–water partition coefficient (Wildman–Crippen LogP) is -1.22. The molecule has 3 N–H and O–H groups in total. The van der Waals surface area contributed by atoms with Crippen molar-refractivity contribution in [3.8, 4) is 0 Å². The van der Waals surface area contributed by atoms with Crippen molar-refractivity contribution in [1.29, 1.82) is 0 Å². The summed E-state index contributed by atoms with van der Waals surface area (Å²) >= 11 is 0. The van der Waals surface area contributed by atoms with Gasteiger partial charge in [-0.2, -0.15) is 0 Å². The molecule has 0 spiro atoms. The van der Waals surface area contributed by atoms with E-state index >= 15 is 0 Å². The van der Waals surface area contributed by atoms with Gasteiger partial charge in [0.05, 0.1) is 19.3 Å². The zero-order valence-electron chi connectivity index (χ0n) is 8.66. The number of carbonyl (C=O) groups excluding carboxylic acids is 1. The predicted molar refractivity (Wildman–Crippen MR) is 53.9 cm³/mol. The first-order chi connectivity index (χ1) is 6.72. The highest BCUT2D eigenvalue weighted by molar-refractivity contribution is 5.77. The molecule has 1 rings (SSSR count). The fourth-order valence-electron chi connectivity index (χ4n) is 1.50. The smallest absolute Gasteiger partial charge is 0.234 e. The normalized spacial score (nSPS) is 23.4. The molecular formula is C9H19N3O2. The van der Waals surface area contributed by atoms with Gasteiger partial charge in [0, 0.05) is 26.2 Å². The third-order valence-electron chi connectivity index (χ3n) is 2.16. The van der Waals surface area contributed by atoms with E-state index in [1.165, 1.54) is 0 Å². The third-order valence-corrected chi connectivity index (χ3v) is 2.16. The van der Waals surface area contributed by atoms with E-state index in [-0.39, 0.29) is 12.0 Å². The Morgan fingerprint density at radius 1 is 1.71 bits per heavy atom. The van der Waals surface area contributed by atoms with Gasteiger partial charge in [-0.1, -0.05) is 0 Å². The molecule has 0 aromatic carbocycles. The van der Waals surface area contributed by atoms with E-state index in [2.05, 4.69) is 10.2 Å². The van der Waals surface area contributed by atoms with E-state index < -0.39 is 0 Å². The Kier molecular flexibility index (Phi) is 4.86. The molecule has 82 valence electrons. The molecule has 1 heterocycles. The largest absolute Gasteiger partial charge is 0.376 e.